The molecule has 1 N–H and O–H groups in total. The number of nitrogens with one attached hydrogen (secondary N) is 1. The molecule has 0 spiro atoms. The number of carbonyl (C=O) groups is 2. The number of non-ortho nitro benzene ring substituents is 1. The van der Waals surface area contributed by atoms with Crippen LogP contribution in [0.15, 0.2) is 65.1 Å². The molecule has 0 saturated heterocycles. The molecule has 0 saturated carbocycles. The molecule has 3 aromatic rings. The number of amides is 1. The van der Waals surface area contributed by atoms with Gasteiger partial charge < -0.3 is 19.2 Å². The molecule has 12 heteroatoms. The van der Waals surface area contributed by atoms with Crippen molar-refractivity contribution in [3.63, 3.8) is 0 Å². The predicted molar refractivity (Wildman–Crippen MR) is 103 cm³/mol. The van der Waals surface area contributed by atoms with Crippen molar-refractivity contribution in [2.75, 3.05) is 11.9 Å². The minimum atomic E-state index is -4.83. The number of nitrogens with zero attached hydrogens (tertiary/aromatic N) is 1. The van der Waals surface area contributed by atoms with Crippen LogP contribution in [-0.2, 0) is 9.53 Å². The van der Waals surface area contributed by atoms with Gasteiger partial charge in [-0.1, -0.05) is 0 Å². The van der Waals surface area contributed by atoms with E-state index in [0.29, 0.717) is 5.56 Å². The first kappa shape index (κ1) is 22.3. The highest BCUT2D eigenvalue weighted by atomic mass is 19.4. The van der Waals surface area contributed by atoms with Crippen LogP contribution in [-0.4, -0.2) is 29.8 Å². The number of anilines is 1. The van der Waals surface area contributed by atoms with E-state index in [1.165, 1.54) is 48.5 Å². The van der Waals surface area contributed by atoms with Gasteiger partial charge >= 0.3 is 12.3 Å². The van der Waals surface area contributed by atoms with Crippen LogP contribution in [0.25, 0.3) is 11.3 Å². The first-order valence-electron chi connectivity index (χ1n) is 8.78. The number of halogens is 3. The van der Waals surface area contributed by atoms with Gasteiger partial charge in [-0.2, -0.15) is 0 Å². The lowest BCUT2D eigenvalue weighted by Crippen LogP contribution is -2.21. The third-order valence-corrected chi connectivity index (χ3v) is 3.88. The average molecular weight is 450 g/mol. The highest BCUT2D eigenvalue weighted by Gasteiger charge is 2.31. The number of ether oxygens (including phenoxy) is 2. The van der Waals surface area contributed by atoms with Crippen molar-refractivity contribution in [3.05, 3.63) is 76.5 Å². The summed E-state index contributed by atoms with van der Waals surface area (Å²) >= 11 is 0. The summed E-state index contributed by atoms with van der Waals surface area (Å²) in [7, 11) is 0. The fourth-order valence-corrected chi connectivity index (χ4v) is 2.49. The lowest BCUT2D eigenvalue weighted by atomic mass is 10.1. The van der Waals surface area contributed by atoms with Crippen molar-refractivity contribution >= 4 is 23.3 Å². The third kappa shape index (κ3) is 6.08. The van der Waals surface area contributed by atoms with Gasteiger partial charge in [-0.15, -0.1) is 13.2 Å². The minimum Gasteiger partial charge on any atom is -0.450 e. The van der Waals surface area contributed by atoms with E-state index in [2.05, 4.69) is 10.1 Å². The number of nitro groups is 1. The molecule has 1 aromatic heterocycles. The molecule has 0 fully saturated rings. The molecular weight excluding hydrogens is 437 g/mol. The van der Waals surface area contributed by atoms with Gasteiger partial charge in [0.05, 0.1) is 4.92 Å². The van der Waals surface area contributed by atoms with Gasteiger partial charge in [-0.05, 0) is 48.5 Å². The molecule has 0 aliphatic rings. The van der Waals surface area contributed by atoms with Crippen molar-refractivity contribution in [2.45, 2.75) is 6.36 Å². The number of hydrogen-bond donors (Lipinski definition) is 1. The second-order valence-electron chi connectivity index (χ2n) is 6.16. The van der Waals surface area contributed by atoms with E-state index in [1.807, 2.05) is 0 Å². The number of furan rings is 1. The molecule has 2 aromatic carbocycles. The Hall–Kier alpha value is -4.35. The maximum atomic E-state index is 12.1. The summed E-state index contributed by atoms with van der Waals surface area (Å²) in [6, 6.07) is 12.6. The minimum absolute atomic E-state index is 0.103. The van der Waals surface area contributed by atoms with Crippen LogP contribution in [0, 0.1) is 10.1 Å². The average Bonchev–Trinajstić information content (AvgIpc) is 3.23. The Morgan fingerprint density at radius 3 is 2.25 bits per heavy atom. The summed E-state index contributed by atoms with van der Waals surface area (Å²) in [6.07, 6.45) is -4.83. The molecule has 1 heterocycles. The zero-order valence-corrected chi connectivity index (χ0v) is 15.9. The molecule has 0 radical (unpaired) electrons. The van der Waals surface area contributed by atoms with Crippen molar-refractivity contribution in [3.8, 4) is 17.1 Å². The zero-order chi connectivity index (χ0) is 23.3. The van der Waals surface area contributed by atoms with Gasteiger partial charge in [0.1, 0.15) is 11.5 Å². The Morgan fingerprint density at radius 2 is 1.66 bits per heavy atom. The Kier molecular flexibility index (Phi) is 6.42. The van der Waals surface area contributed by atoms with Crippen LogP contribution in [0.2, 0.25) is 0 Å². The fraction of sp³-hybridized carbons (Fsp3) is 0.100. The lowest BCUT2D eigenvalue weighted by molar-refractivity contribution is -0.384. The second-order valence-corrected chi connectivity index (χ2v) is 6.16. The molecular formula is C20H13F3N2O7. The van der Waals surface area contributed by atoms with E-state index >= 15 is 0 Å². The number of rotatable bonds is 7. The molecule has 0 unspecified atom stereocenters. The number of hydrogen-bond acceptors (Lipinski definition) is 7. The summed E-state index contributed by atoms with van der Waals surface area (Å²) in [4.78, 5) is 34.1. The van der Waals surface area contributed by atoms with Crippen molar-refractivity contribution in [1.29, 1.82) is 0 Å². The Balaban J connectivity index is 1.52. The Morgan fingerprint density at radius 1 is 1.00 bits per heavy atom. The standard InChI is InChI=1S/C20H13F3N2O7/c21-20(22,23)32-15-7-3-13(4-8-15)24-18(26)11-30-19(27)17-10-9-16(31-17)12-1-5-14(6-2-12)25(28)29/h1-10H,11H2,(H,24,26). The Labute approximate surface area is 177 Å². The maximum Gasteiger partial charge on any atom is 0.573 e. The van der Waals surface area contributed by atoms with Gasteiger partial charge in [0, 0.05) is 23.4 Å². The summed E-state index contributed by atoms with van der Waals surface area (Å²) in [6.45, 7) is -0.673. The van der Waals surface area contributed by atoms with Gasteiger partial charge in [-0.3, -0.25) is 14.9 Å². The molecule has 32 heavy (non-hydrogen) atoms. The van der Waals surface area contributed by atoms with Gasteiger partial charge in [0.2, 0.25) is 5.76 Å². The topological polar surface area (TPSA) is 121 Å². The van der Waals surface area contributed by atoms with E-state index in [9.17, 15) is 32.9 Å². The summed E-state index contributed by atoms with van der Waals surface area (Å²) < 4.78 is 50.3. The van der Waals surface area contributed by atoms with Crippen molar-refractivity contribution in [2.24, 2.45) is 0 Å². The third-order valence-electron chi connectivity index (χ3n) is 3.88. The summed E-state index contributed by atoms with van der Waals surface area (Å²) in [5.74, 6) is -2.05. The molecule has 0 bridgehead atoms. The van der Waals surface area contributed by atoms with E-state index in [-0.39, 0.29) is 22.9 Å². The smallest absolute Gasteiger partial charge is 0.450 e. The van der Waals surface area contributed by atoms with Crippen LogP contribution < -0.4 is 10.1 Å². The quantitative estimate of drug-likeness (QED) is 0.318. The largest absolute Gasteiger partial charge is 0.573 e. The zero-order valence-electron chi connectivity index (χ0n) is 15.9. The monoisotopic (exact) mass is 450 g/mol. The normalized spacial score (nSPS) is 11.0. The molecule has 9 nitrogen and oxygen atoms in total. The van der Waals surface area contributed by atoms with Gasteiger partial charge in [0.25, 0.3) is 11.6 Å². The Bertz CT molecular complexity index is 1120. The highest BCUT2D eigenvalue weighted by Crippen LogP contribution is 2.25. The molecule has 3 rings (SSSR count). The van der Waals surface area contributed by atoms with Crippen LogP contribution in [0.5, 0.6) is 5.75 Å². The first-order chi connectivity index (χ1) is 15.1. The van der Waals surface area contributed by atoms with Gasteiger partial charge in [-0.25, -0.2) is 4.79 Å². The second kappa shape index (κ2) is 9.20. The van der Waals surface area contributed by atoms with E-state index in [1.54, 1.807) is 0 Å². The van der Waals surface area contributed by atoms with E-state index < -0.39 is 35.5 Å². The molecule has 1 amide bonds. The summed E-state index contributed by atoms with van der Waals surface area (Å²) in [5, 5.41) is 13.0. The first-order valence-corrected chi connectivity index (χ1v) is 8.78. The number of alkyl halides is 3. The lowest BCUT2D eigenvalue weighted by Gasteiger charge is -2.10. The van der Waals surface area contributed by atoms with E-state index in [0.717, 1.165) is 12.1 Å². The van der Waals surface area contributed by atoms with Crippen LogP contribution in [0.1, 0.15) is 10.6 Å². The van der Waals surface area contributed by atoms with Gasteiger partial charge in [0.15, 0.2) is 6.61 Å². The van der Waals surface area contributed by atoms with Crippen LogP contribution in [0.3, 0.4) is 0 Å². The molecule has 0 atom stereocenters. The predicted octanol–water partition coefficient (Wildman–Crippen LogP) is 4.55. The van der Waals surface area contributed by atoms with Crippen molar-refractivity contribution in [1.82, 2.24) is 0 Å². The molecule has 0 aliphatic heterocycles. The van der Waals surface area contributed by atoms with Crippen LogP contribution in [0.4, 0.5) is 24.5 Å². The molecule has 166 valence electrons. The van der Waals surface area contributed by atoms with E-state index in [4.69, 9.17) is 9.15 Å². The number of benzene rings is 2. The van der Waals surface area contributed by atoms with Crippen molar-refractivity contribution < 1.29 is 41.6 Å². The number of carbonyl (C=O) groups excluding carboxylic acids is 2. The highest BCUT2D eigenvalue weighted by molar-refractivity contribution is 5.94. The fourth-order valence-electron chi connectivity index (χ4n) is 2.49. The maximum absolute atomic E-state index is 12.1. The number of nitro benzene ring substituents is 1. The molecule has 0 aliphatic carbocycles. The SMILES string of the molecule is O=C(COC(=O)c1ccc(-c2ccc([N+](=O)[O-])cc2)o1)Nc1ccc(OC(F)(F)F)cc1. The van der Waals surface area contributed by atoms with Crippen LogP contribution >= 0.6 is 0 Å². The number of esters is 1. The summed E-state index contributed by atoms with van der Waals surface area (Å²) in [5.41, 5.74) is 0.554.